The molecular formula is C11H22N4O2. The third-order valence-corrected chi connectivity index (χ3v) is 3.37. The van der Waals surface area contributed by atoms with Crippen molar-refractivity contribution in [3.63, 3.8) is 0 Å². The summed E-state index contributed by atoms with van der Waals surface area (Å²) in [7, 11) is 1.67. The maximum absolute atomic E-state index is 11.7. The number of nitrogens with zero attached hydrogens (tertiary/aromatic N) is 1. The molecule has 1 saturated heterocycles. The second-order valence-electron chi connectivity index (χ2n) is 4.84. The van der Waals surface area contributed by atoms with Crippen LogP contribution in [0.5, 0.6) is 0 Å². The number of likely N-dealkylation sites (tertiary alicyclic amines) is 1. The Bertz CT molecular complexity index is 295. The summed E-state index contributed by atoms with van der Waals surface area (Å²) in [5.41, 5.74) is 1.83. The fourth-order valence-corrected chi connectivity index (χ4v) is 2.27. The molecule has 1 atom stereocenters. The Morgan fingerprint density at radius 3 is 2.76 bits per heavy atom. The fraction of sp³-hybridized carbons (Fsp3) is 0.818. The lowest BCUT2D eigenvalue weighted by Crippen LogP contribution is -2.39. The van der Waals surface area contributed by atoms with Gasteiger partial charge in [0.15, 0.2) is 0 Å². The van der Waals surface area contributed by atoms with Gasteiger partial charge in [0.05, 0.1) is 5.41 Å². The predicted molar refractivity (Wildman–Crippen MR) is 64.8 cm³/mol. The van der Waals surface area contributed by atoms with Crippen molar-refractivity contribution in [2.75, 3.05) is 26.7 Å². The van der Waals surface area contributed by atoms with E-state index in [9.17, 15) is 9.59 Å². The van der Waals surface area contributed by atoms with Crippen molar-refractivity contribution in [3.05, 3.63) is 0 Å². The van der Waals surface area contributed by atoms with E-state index < -0.39 is 0 Å². The molecule has 6 heteroatoms. The number of carbonyl (C=O) groups is 2. The number of amides is 2. The highest BCUT2D eigenvalue weighted by Gasteiger charge is 2.39. The molecule has 17 heavy (non-hydrogen) atoms. The number of hydrazine groups is 1. The Kier molecular flexibility index (Phi) is 4.89. The molecule has 2 amide bonds. The highest BCUT2D eigenvalue weighted by molar-refractivity contribution is 5.82. The Labute approximate surface area is 102 Å². The van der Waals surface area contributed by atoms with E-state index in [0.29, 0.717) is 6.42 Å². The predicted octanol–water partition coefficient (Wildman–Crippen LogP) is -0.785. The second kappa shape index (κ2) is 5.97. The number of hydrogen-bond acceptors (Lipinski definition) is 4. The molecule has 1 aliphatic heterocycles. The Morgan fingerprint density at radius 2 is 2.18 bits per heavy atom. The van der Waals surface area contributed by atoms with Crippen LogP contribution < -0.4 is 16.6 Å². The van der Waals surface area contributed by atoms with Crippen LogP contribution in [0.4, 0.5) is 0 Å². The van der Waals surface area contributed by atoms with Crippen LogP contribution in [0.2, 0.25) is 0 Å². The zero-order valence-electron chi connectivity index (χ0n) is 10.6. The first-order valence-corrected chi connectivity index (χ1v) is 5.96. The first kappa shape index (κ1) is 13.9. The Morgan fingerprint density at radius 1 is 1.47 bits per heavy atom. The fourth-order valence-electron chi connectivity index (χ4n) is 2.27. The standard InChI is InChI=1S/C11H22N4O2/c1-11(10(17)13-2)5-7-15(8-11)6-3-4-9(16)14-12/h3-8,12H2,1-2H3,(H,13,17)(H,14,16). The van der Waals surface area contributed by atoms with E-state index in [4.69, 9.17) is 5.84 Å². The molecule has 98 valence electrons. The molecule has 1 aliphatic rings. The maximum atomic E-state index is 11.7. The highest BCUT2D eigenvalue weighted by Crippen LogP contribution is 2.29. The van der Waals surface area contributed by atoms with Crippen molar-refractivity contribution in [2.24, 2.45) is 11.3 Å². The molecule has 4 N–H and O–H groups in total. The third-order valence-electron chi connectivity index (χ3n) is 3.37. The SMILES string of the molecule is CNC(=O)C1(C)CCN(CCCC(=O)NN)C1. The molecule has 0 saturated carbocycles. The van der Waals surface area contributed by atoms with E-state index in [1.54, 1.807) is 7.05 Å². The molecule has 1 heterocycles. The first-order chi connectivity index (χ1) is 8.01. The molecule has 1 unspecified atom stereocenters. The van der Waals surface area contributed by atoms with Crippen molar-refractivity contribution in [1.29, 1.82) is 0 Å². The van der Waals surface area contributed by atoms with Gasteiger partial charge in [0.1, 0.15) is 0 Å². The van der Waals surface area contributed by atoms with Crippen molar-refractivity contribution in [3.8, 4) is 0 Å². The number of hydrogen-bond donors (Lipinski definition) is 3. The molecule has 0 spiro atoms. The minimum Gasteiger partial charge on any atom is -0.359 e. The molecule has 0 aromatic heterocycles. The van der Waals surface area contributed by atoms with Gasteiger partial charge >= 0.3 is 0 Å². The number of rotatable bonds is 5. The molecule has 0 aromatic carbocycles. The maximum Gasteiger partial charge on any atom is 0.233 e. The van der Waals surface area contributed by atoms with Gasteiger partial charge in [-0.2, -0.15) is 0 Å². The van der Waals surface area contributed by atoms with E-state index in [2.05, 4.69) is 15.6 Å². The summed E-state index contributed by atoms with van der Waals surface area (Å²) in [6.07, 6.45) is 2.08. The molecule has 0 radical (unpaired) electrons. The number of nitrogens with two attached hydrogens (primary N) is 1. The van der Waals surface area contributed by atoms with Crippen LogP contribution in [0.1, 0.15) is 26.2 Å². The van der Waals surface area contributed by atoms with Gasteiger partial charge in [0.2, 0.25) is 11.8 Å². The van der Waals surface area contributed by atoms with Crippen molar-refractivity contribution < 1.29 is 9.59 Å². The monoisotopic (exact) mass is 242 g/mol. The van der Waals surface area contributed by atoms with Gasteiger partial charge in [-0.1, -0.05) is 0 Å². The summed E-state index contributed by atoms with van der Waals surface area (Å²) in [4.78, 5) is 24.9. The lowest BCUT2D eigenvalue weighted by Gasteiger charge is -2.22. The molecule has 1 fully saturated rings. The van der Waals surface area contributed by atoms with E-state index in [1.807, 2.05) is 6.92 Å². The molecule has 0 aliphatic carbocycles. The average Bonchev–Trinajstić information content (AvgIpc) is 2.71. The Hall–Kier alpha value is -1.14. The minimum atomic E-state index is -0.287. The molecule has 0 bridgehead atoms. The van der Waals surface area contributed by atoms with Gasteiger partial charge < -0.3 is 10.2 Å². The van der Waals surface area contributed by atoms with Crippen molar-refractivity contribution in [2.45, 2.75) is 26.2 Å². The minimum absolute atomic E-state index is 0.0969. The first-order valence-electron chi connectivity index (χ1n) is 5.96. The second-order valence-corrected chi connectivity index (χ2v) is 4.84. The number of nitrogens with one attached hydrogen (secondary N) is 2. The van der Waals surface area contributed by atoms with E-state index >= 15 is 0 Å². The van der Waals surface area contributed by atoms with Gasteiger partial charge in [-0.3, -0.25) is 15.0 Å². The summed E-state index contributed by atoms with van der Waals surface area (Å²) in [5, 5.41) is 2.71. The van der Waals surface area contributed by atoms with Crippen LogP contribution in [-0.4, -0.2) is 43.4 Å². The largest absolute Gasteiger partial charge is 0.359 e. The summed E-state index contributed by atoms with van der Waals surface area (Å²) in [6.45, 7) is 4.49. The van der Waals surface area contributed by atoms with Gasteiger partial charge in [-0.15, -0.1) is 0 Å². The van der Waals surface area contributed by atoms with Gasteiger partial charge in [-0.05, 0) is 32.9 Å². The van der Waals surface area contributed by atoms with Crippen LogP contribution in [0.3, 0.4) is 0 Å². The van der Waals surface area contributed by atoms with Crippen LogP contribution >= 0.6 is 0 Å². The zero-order valence-corrected chi connectivity index (χ0v) is 10.6. The number of carbonyl (C=O) groups excluding carboxylic acids is 2. The van der Waals surface area contributed by atoms with Crippen LogP contribution in [0, 0.1) is 5.41 Å². The molecule has 6 nitrogen and oxygen atoms in total. The molecule has 1 rings (SSSR count). The zero-order chi connectivity index (χ0) is 12.9. The van der Waals surface area contributed by atoms with Crippen LogP contribution in [0.15, 0.2) is 0 Å². The molecular weight excluding hydrogens is 220 g/mol. The average molecular weight is 242 g/mol. The Balaban J connectivity index is 2.31. The molecule has 0 aromatic rings. The lowest BCUT2D eigenvalue weighted by molar-refractivity contribution is -0.129. The van der Waals surface area contributed by atoms with E-state index in [0.717, 1.165) is 32.5 Å². The normalized spacial score (nSPS) is 24.6. The van der Waals surface area contributed by atoms with Crippen LogP contribution in [0.25, 0.3) is 0 Å². The van der Waals surface area contributed by atoms with Crippen LogP contribution in [-0.2, 0) is 9.59 Å². The summed E-state index contributed by atoms with van der Waals surface area (Å²) >= 11 is 0. The topological polar surface area (TPSA) is 87.5 Å². The van der Waals surface area contributed by atoms with Crippen molar-refractivity contribution >= 4 is 11.8 Å². The van der Waals surface area contributed by atoms with E-state index in [1.165, 1.54) is 0 Å². The van der Waals surface area contributed by atoms with Gasteiger partial charge in [0, 0.05) is 20.0 Å². The lowest BCUT2D eigenvalue weighted by atomic mass is 9.89. The summed E-state index contributed by atoms with van der Waals surface area (Å²) in [5.74, 6) is 4.96. The highest BCUT2D eigenvalue weighted by atomic mass is 16.2. The van der Waals surface area contributed by atoms with E-state index in [-0.39, 0.29) is 17.2 Å². The third kappa shape index (κ3) is 3.67. The summed E-state index contributed by atoms with van der Waals surface area (Å²) < 4.78 is 0. The smallest absolute Gasteiger partial charge is 0.233 e. The van der Waals surface area contributed by atoms with Crippen molar-refractivity contribution in [1.82, 2.24) is 15.6 Å². The van der Waals surface area contributed by atoms with Gasteiger partial charge in [0.25, 0.3) is 0 Å². The van der Waals surface area contributed by atoms with Gasteiger partial charge in [-0.25, -0.2) is 5.84 Å². The quantitative estimate of drug-likeness (QED) is 0.335. The summed E-state index contributed by atoms with van der Waals surface area (Å²) in [6, 6.07) is 0.